The van der Waals surface area contributed by atoms with Gasteiger partial charge in [0.1, 0.15) is 6.54 Å². The van der Waals surface area contributed by atoms with E-state index in [0.717, 1.165) is 17.0 Å². The smallest absolute Gasteiger partial charge is 0.244 e. The van der Waals surface area contributed by atoms with Gasteiger partial charge in [0.05, 0.1) is 22.2 Å². The Kier molecular flexibility index (Phi) is 5.28. The number of anilines is 3. The number of nitrogens with zero attached hydrogens (tertiary/aromatic N) is 2. The number of rotatable bonds is 4. The molecule has 0 bridgehead atoms. The highest BCUT2D eigenvalue weighted by molar-refractivity contribution is 8.00. The highest BCUT2D eigenvalue weighted by Crippen LogP contribution is 2.35. The summed E-state index contributed by atoms with van der Waals surface area (Å²) in [6.45, 7) is 0.560. The first-order chi connectivity index (χ1) is 13.5. The summed E-state index contributed by atoms with van der Waals surface area (Å²) >= 11 is 7.70. The number of halogens is 1. The van der Waals surface area contributed by atoms with Gasteiger partial charge in [0.15, 0.2) is 0 Å². The van der Waals surface area contributed by atoms with E-state index in [4.69, 9.17) is 11.6 Å². The van der Waals surface area contributed by atoms with Crippen molar-refractivity contribution in [1.29, 1.82) is 0 Å². The van der Waals surface area contributed by atoms with Crippen LogP contribution in [0.5, 0.6) is 0 Å². The predicted molar refractivity (Wildman–Crippen MR) is 111 cm³/mol. The van der Waals surface area contributed by atoms with Gasteiger partial charge in [0, 0.05) is 23.5 Å². The molecule has 2 aliphatic heterocycles. The van der Waals surface area contributed by atoms with Gasteiger partial charge in [-0.15, -0.1) is 11.8 Å². The molecule has 3 amide bonds. The number of thioether (sulfide) groups is 1. The van der Waals surface area contributed by atoms with Gasteiger partial charge in [0.25, 0.3) is 0 Å². The number of benzene rings is 2. The number of hydrogen-bond acceptors (Lipinski definition) is 4. The molecular formula is C20H18ClN3O3S. The van der Waals surface area contributed by atoms with Crippen LogP contribution in [-0.4, -0.2) is 36.6 Å². The third-order valence-electron chi connectivity index (χ3n) is 4.72. The molecule has 8 heteroatoms. The number of hydrogen-bond donors (Lipinski definition) is 1. The van der Waals surface area contributed by atoms with Crippen LogP contribution in [0.15, 0.2) is 47.4 Å². The van der Waals surface area contributed by atoms with Crippen molar-refractivity contribution in [1.82, 2.24) is 0 Å². The first kappa shape index (κ1) is 18.8. The summed E-state index contributed by atoms with van der Waals surface area (Å²) in [5.74, 6) is -0.0896. The second kappa shape index (κ2) is 7.85. The van der Waals surface area contributed by atoms with Crippen molar-refractivity contribution >= 4 is 58.1 Å². The molecule has 2 aromatic carbocycles. The summed E-state index contributed by atoms with van der Waals surface area (Å²) in [6, 6.07) is 12.6. The number of para-hydroxylation sites is 1. The van der Waals surface area contributed by atoms with E-state index in [1.165, 1.54) is 16.7 Å². The Morgan fingerprint density at radius 3 is 2.75 bits per heavy atom. The first-order valence-corrected chi connectivity index (χ1v) is 10.3. The Morgan fingerprint density at radius 2 is 1.96 bits per heavy atom. The van der Waals surface area contributed by atoms with E-state index in [9.17, 15) is 14.4 Å². The summed E-state index contributed by atoms with van der Waals surface area (Å²) in [6.07, 6.45) is 1.34. The Labute approximate surface area is 171 Å². The molecule has 0 atom stereocenters. The predicted octanol–water partition coefficient (Wildman–Crippen LogP) is 3.54. The summed E-state index contributed by atoms with van der Waals surface area (Å²) in [5, 5.41) is 3.16. The molecule has 144 valence electrons. The maximum Gasteiger partial charge on any atom is 0.244 e. The monoisotopic (exact) mass is 415 g/mol. The third kappa shape index (κ3) is 3.72. The van der Waals surface area contributed by atoms with Crippen LogP contribution in [0.3, 0.4) is 0 Å². The second-order valence-electron chi connectivity index (χ2n) is 6.60. The van der Waals surface area contributed by atoms with E-state index in [2.05, 4.69) is 5.32 Å². The molecule has 2 heterocycles. The zero-order valence-electron chi connectivity index (χ0n) is 15.0. The van der Waals surface area contributed by atoms with Crippen molar-refractivity contribution in [2.75, 3.05) is 34.0 Å². The first-order valence-electron chi connectivity index (χ1n) is 8.95. The number of carbonyl (C=O) groups is 3. The lowest BCUT2D eigenvalue weighted by atomic mass is 10.2. The van der Waals surface area contributed by atoms with Gasteiger partial charge in [-0.2, -0.15) is 0 Å². The topological polar surface area (TPSA) is 69.7 Å². The van der Waals surface area contributed by atoms with Crippen molar-refractivity contribution < 1.29 is 14.4 Å². The summed E-state index contributed by atoms with van der Waals surface area (Å²) in [7, 11) is 0. The molecule has 2 aromatic rings. The van der Waals surface area contributed by atoms with Gasteiger partial charge in [-0.1, -0.05) is 23.7 Å². The van der Waals surface area contributed by atoms with E-state index in [0.29, 0.717) is 35.1 Å². The standard InChI is InChI=1S/C20H18ClN3O3S/c21-14-8-7-13(23-9-3-6-19(23)26)10-15(14)22-18(25)11-24-16-4-1-2-5-17(16)28-12-20(24)27/h1-2,4-5,7-8,10H,3,6,9,11-12H2,(H,22,25). The van der Waals surface area contributed by atoms with Crippen LogP contribution in [0.2, 0.25) is 5.02 Å². The molecule has 1 saturated heterocycles. The maximum absolute atomic E-state index is 12.6. The van der Waals surface area contributed by atoms with Crippen LogP contribution in [0.25, 0.3) is 0 Å². The van der Waals surface area contributed by atoms with Gasteiger partial charge in [0.2, 0.25) is 17.7 Å². The van der Waals surface area contributed by atoms with Crippen LogP contribution < -0.4 is 15.1 Å². The SMILES string of the molecule is O=C(CN1C(=O)CSc2ccccc21)Nc1cc(N2CCCC2=O)ccc1Cl. The fourth-order valence-corrected chi connectivity index (χ4v) is 4.46. The number of fused-ring (bicyclic) bond motifs is 1. The van der Waals surface area contributed by atoms with Gasteiger partial charge in [-0.25, -0.2) is 0 Å². The van der Waals surface area contributed by atoms with Gasteiger partial charge >= 0.3 is 0 Å². The minimum Gasteiger partial charge on any atom is -0.323 e. The lowest BCUT2D eigenvalue weighted by Crippen LogP contribution is -2.41. The maximum atomic E-state index is 12.6. The Hall–Kier alpha value is -2.51. The van der Waals surface area contributed by atoms with Gasteiger partial charge < -0.3 is 15.1 Å². The van der Waals surface area contributed by atoms with Crippen LogP contribution in [0.1, 0.15) is 12.8 Å². The van der Waals surface area contributed by atoms with Crippen molar-refractivity contribution in [2.24, 2.45) is 0 Å². The average Bonchev–Trinajstić information content (AvgIpc) is 3.12. The van der Waals surface area contributed by atoms with Crippen molar-refractivity contribution in [3.8, 4) is 0 Å². The molecule has 0 aromatic heterocycles. The molecule has 6 nitrogen and oxygen atoms in total. The Morgan fingerprint density at radius 1 is 1.14 bits per heavy atom. The number of amides is 3. The quantitative estimate of drug-likeness (QED) is 0.829. The van der Waals surface area contributed by atoms with E-state index >= 15 is 0 Å². The highest BCUT2D eigenvalue weighted by Gasteiger charge is 2.27. The summed E-state index contributed by atoms with van der Waals surface area (Å²) in [4.78, 5) is 41.1. The Bertz CT molecular complexity index is 965. The number of carbonyl (C=O) groups excluding carboxylic acids is 3. The van der Waals surface area contributed by atoms with Crippen molar-refractivity contribution in [3.63, 3.8) is 0 Å². The van der Waals surface area contributed by atoms with Crippen LogP contribution >= 0.6 is 23.4 Å². The second-order valence-corrected chi connectivity index (χ2v) is 8.02. The molecule has 0 saturated carbocycles. The minimum atomic E-state index is -0.346. The zero-order chi connectivity index (χ0) is 19.7. The molecular weight excluding hydrogens is 398 g/mol. The van der Waals surface area contributed by atoms with Gasteiger partial charge in [-0.05, 0) is 36.8 Å². The zero-order valence-corrected chi connectivity index (χ0v) is 16.6. The van der Waals surface area contributed by atoms with E-state index < -0.39 is 0 Å². The molecule has 4 rings (SSSR count). The van der Waals surface area contributed by atoms with Crippen LogP contribution in [0, 0.1) is 0 Å². The lowest BCUT2D eigenvalue weighted by Gasteiger charge is -2.28. The molecule has 28 heavy (non-hydrogen) atoms. The minimum absolute atomic E-state index is 0.0626. The highest BCUT2D eigenvalue weighted by atomic mass is 35.5. The molecule has 0 spiro atoms. The van der Waals surface area contributed by atoms with E-state index in [-0.39, 0.29) is 24.3 Å². The van der Waals surface area contributed by atoms with Crippen LogP contribution in [0.4, 0.5) is 17.1 Å². The summed E-state index contributed by atoms with van der Waals surface area (Å²) in [5.41, 5.74) is 1.87. The average molecular weight is 416 g/mol. The van der Waals surface area contributed by atoms with E-state index in [1.54, 1.807) is 23.1 Å². The fourth-order valence-electron chi connectivity index (χ4n) is 3.36. The molecule has 2 aliphatic rings. The van der Waals surface area contributed by atoms with Gasteiger partial charge in [-0.3, -0.25) is 14.4 Å². The van der Waals surface area contributed by atoms with Crippen LogP contribution in [-0.2, 0) is 14.4 Å². The van der Waals surface area contributed by atoms with Crippen molar-refractivity contribution in [3.05, 3.63) is 47.5 Å². The van der Waals surface area contributed by atoms with E-state index in [1.807, 2.05) is 24.3 Å². The Balaban J connectivity index is 1.51. The fraction of sp³-hybridized carbons (Fsp3) is 0.250. The molecule has 1 N–H and O–H groups in total. The molecule has 0 unspecified atom stereocenters. The number of nitrogens with one attached hydrogen (secondary N) is 1. The summed E-state index contributed by atoms with van der Waals surface area (Å²) < 4.78 is 0. The normalized spacial score (nSPS) is 16.3. The molecule has 0 aliphatic carbocycles. The molecule has 1 fully saturated rings. The van der Waals surface area contributed by atoms with Crippen molar-refractivity contribution in [2.45, 2.75) is 17.7 Å². The lowest BCUT2D eigenvalue weighted by molar-refractivity contribution is -0.120. The largest absolute Gasteiger partial charge is 0.323 e. The molecule has 0 radical (unpaired) electrons. The third-order valence-corrected chi connectivity index (χ3v) is 6.10.